The molecule has 1 aromatic carbocycles. The van der Waals surface area contributed by atoms with Crippen molar-refractivity contribution in [3.63, 3.8) is 0 Å². The van der Waals surface area contributed by atoms with Crippen molar-refractivity contribution in [2.75, 3.05) is 4.90 Å². The first-order chi connectivity index (χ1) is 10.0. The molecule has 5 nitrogen and oxygen atoms in total. The van der Waals surface area contributed by atoms with Crippen molar-refractivity contribution in [2.45, 2.75) is 0 Å². The number of nitrogens with zero attached hydrogens (tertiary/aromatic N) is 1. The van der Waals surface area contributed by atoms with E-state index >= 15 is 0 Å². The average Bonchev–Trinajstić information content (AvgIpc) is 3.03. The van der Waals surface area contributed by atoms with Crippen LogP contribution in [0.15, 0.2) is 35.7 Å². The van der Waals surface area contributed by atoms with E-state index in [0.717, 1.165) is 4.90 Å². The summed E-state index contributed by atoms with van der Waals surface area (Å²) in [6.07, 6.45) is 0. The Labute approximate surface area is 157 Å². The summed E-state index contributed by atoms with van der Waals surface area (Å²) in [4.78, 5) is 25.1. The molecule has 0 atom stereocenters. The number of fused-ring (bicyclic) bond motifs is 1. The van der Waals surface area contributed by atoms with Crippen LogP contribution in [0.3, 0.4) is 0 Å². The van der Waals surface area contributed by atoms with Gasteiger partial charge < -0.3 is 10.8 Å². The van der Waals surface area contributed by atoms with E-state index in [1.165, 1.54) is 29.5 Å². The Bertz CT molecular complexity index is 789. The number of benzene rings is 1. The van der Waals surface area contributed by atoms with Gasteiger partial charge in [-0.3, -0.25) is 4.79 Å². The van der Waals surface area contributed by atoms with Crippen LogP contribution in [0, 0.1) is 0 Å². The molecule has 22 heavy (non-hydrogen) atoms. The van der Waals surface area contributed by atoms with E-state index < -0.39 is 17.7 Å². The Morgan fingerprint density at radius 1 is 1.32 bits per heavy atom. The summed E-state index contributed by atoms with van der Waals surface area (Å²) >= 11 is 7.14. The van der Waals surface area contributed by atoms with Gasteiger partial charge >= 0.3 is 35.6 Å². The van der Waals surface area contributed by atoms with Gasteiger partial charge in [0.25, 0.3) is 5.91 Å². The van der Waals surface area contributed by atoms with Crippen LogP contribution in [0.4, 0.5) is 10.5 Å². The van der Waals surface area contributed by atoms with E-state index in [-0.39, 0.29) is 40.8 Å². The maximum Gasteiger partial charge on any atom is 1.00 e. The second-order valence-electron chi connectivity index (χ2n) is 4.32. The topological polar surface area (TPSA) is 86.5 Å². The molecule has 0 fully saturated rings. The molecule has 2 heterocycles. The molecule has 1 aliphatic rings. The normalized spacial score (nSPS) is 15.3. The SMILES string of the molecule is NC(=O)N1C(=O)/C(=C(\[O-])c2cccs2)c2cc(Cl)ccc21.[Na+]. The molecule has 1 aliphatic heterocycles. The smallest absolute Gasteiger partial charge is 0.871 e. The molecule has 0 radical (unpaired) electrons. The Balaban J connectivity index is 0.00000176. The number of hydrogen-bond acceptors (Lipinski definition) is 4. The third-order valence-corrected chi connectivity index (χ3v) is 4.18. The zero-order valence-corrected chi connectivity index (χ0v) is 15.1. The zero-order chi connectivity index (χ0) is 15.1. The van der Waals surface area contributed by atoms with Crippen LogP contribution in [0.25, 0.3) is 11.3 Å². The van der Waals surface area contributed by atoms with E-state index in [2.05, 4.69) is 0 Å². The summed E-state index contributed by atoms with van der Waals surface area (Å²) in [5.41, 5.74) is 5.74. The van der Waals surface area contributed by atoms with E-state index in [0.29, 0.717) is 15.5 Å². The second kappa shape index (κ2) is 6.44. The molecule has 2 N–H and O–H groups in total. The number of amides is 3. The molecule has 106 valence electrons. The number of anilines is 1. The van der Waals surface area contributed by atoms with Crippen LogP contribution in [0.1, 0.15) is 10.4 Å². The number of urea groups is 1. The minimum atomic E-state index is -0.933. The monoisotopic (exact) mass is 342 g/mol. The van der Waals surface area contributed by atoms with Crippen LogP contribution in [-0.4, -0.2) is 11.9 Å². The third-order valence-electron chi connectivity index (χ3n) is 3.08. The summed E-state index contributed by atoms with van der Waals surface area (Å²) in [7, 11) is 0. The number of primary amides is 1. The van der Waals surface area contributed by atoms with Gasteiger partial charge in [0.2, 0.25) is 0 Å². The Kier molecular flexibility index (Phi) is 4.99. The summed E-state index contributed by atoms with van der Waals surface area (Å²) in [5.74, 6) is -1.17. The van der Waals surface area contributed by atoms with Gasteiger partial charge in [-0.1, -0.05) is 23.4 Å². The molecule has 0 aliphatic carbocycles. The number of hydrogen-bond donors (Lipinski definition) is 1. The molecule has 8 heteroatoms. The fraction of sp³-hybridized carbons (Fsp3) is 0. The van der Waals surface area contributed by atoms with Crippen molar-refractivity contribution < 1.29 is 44.3 Å². The van der Waals surface area contributed by atoms with E-state index in [1.54, 1.807) is 17.5 Å². The van der Waals surface area contributed by atoms with Gasteiger partial charge in [0.15, 0.2) is 0 Å². The fourth-order valence-electron chi connectivity index (χ4n) is 2.21. The van der Waals surface area contributed by atoms with Crippen LogP contribution in [-0.2, 0) is 4.79 Å². The first kappa shape index (κ1) is 17.1. The number of carbonyl (C=O) groups is 2. The number of imide groups is 1. The molecule has 3 rings (SSSR count). The van der Waals surface area contributed by atoms with E-state index in [4.69, 9.17) is 17.3 Å². The molecule has 0 saturated heterocycles. The van der Waals surface area contributed by atoms with Crippen molar-refractivity contribution in [1.29, 1.82) is 0 Å². The summed E-state index contributed by atoms with van der Waals surface area (Å²) in [5, 5.41) is 14.6. The molecular formula is C14H8ClN2NaO3S. The Hall–Kier alpha value is -1.31. The summed E-state index contributed by atoms with van der Waals surface area (Å²) in [6, 6.07) is 6.90. The molecule has 0 saturated carbocycles. The van der Waals surface area contributed by atoms with Gasteiger partial charge in [0.1, 0.15) is 0 Å². The number of carbonyl (C=O) groups excluding carboxylic acids is 2. The van der Waals surface area contributed by atoms with Gasteiger partial charge in [-0.15, -0.1) is 11.3 Å². The molecule has 3 amide bonds. The van der Waals surface area contributed by atoms with Gasteiger partial charge in [0.05, 0.1) is 5.69 Å². The Morgan fingerprint density at radius 3 is 2.64 bits per heavy atom. The summed E-state index contributed by atoms with van der Waals surface area (Å²) in [6.45, 7) is 0. The molecule has 1 aromatic heterocycles. The van der Waals surface area contributed by atoms with Gasteiger partial charge in [-0.2, -0.15) is 0 Å². The number of thiophene rings is 1. The largest absolute Gasteiger partial charge is 1.00 e. The van der Waals surface area contributed by atoms with Gasteiger partial charge in [0, 0.05) is 21.0 Å². The standard InChI is InChI=1S/C14H9ClN2O3S.Na/c15-7-3-4-9-8(6-7)11(13(19)17(9)14(16)20)12(18)10-2-1-5-21-10;/h1-6,18H,(H2,16,20);/q;+1/p-1/b12-11-;. The van der Waals surface area contributed by atoms with Gasteiger partial charge in [-0.25, -0.2) is 9.69 Å². The van der Waals surface area contributed by atoms with Crippen molar-refractivity contribution in [3.05, 3.63) is 51.2 Å². The zero-order valence-electron chi connectivity index (χ0n) is 11.5. The number of rotatable bonds is 1. The van der Waals surface area contributed by atoms with Crippen LogP contribution < -0.4 is 45.3 Å². The summed E-state index contributed by atoms with van der Waals surface area (Å²) < 4.78 is 0. The quantitative estimate of drug-likeness (QED) is 0.412. The number of halogens is 1. The van der Waals surface area contributed by atoms with Gasteiger partial charge in [-0.05, 0) is 29.6 Å². The van der Waals surface area contributed by atoms with Crippen molar-refractivity contribution in [3.8, 4) is 0 Å². The van der Waals surface area contributed by atoms with Crippen molar-refractivity contribution in [1.82, 2.24) is 0 Å². The van der Waals surface area contributed by atoms with Crippen molar-refractivity contribution >= 4 is 51.9 Å². The molecule has 0 spiro atoms. The fourth-order valence-corrected chi connectivity index (χ4v) is 3.05. The van der Waals surface area contributed by atoms with Crippen LogP contribution in [0.5, 0.6) is 0 Å². The van der Waals surface area contributed by atoms with E-state index in [1.807, 2.05) is 0 Å². The maximum atomic E-state index is 12.5. The molecule has 2 aromatic rings. The predicted molar refractivity (Wildman–Crippen MR) is 79.7 cm³/mol. The first-order valence-electron chi connectivity index (χ1n) is 5.89. The van der Waals surface area contributed by atoms with Crippen LogP contribution in [0.2, 0.25) is 5.02 Å². The molecule has 0 bridgehead atoms. The first-order valence-corrected chi connectivity index (χ1v) is 7.15. The maximum absolute atomic E-state index is 12.5. The Morgan fingerprint density at radius 2 is 2.05 bits per heavy atom. The number of nitrogens with two attached hydrogens (primary N) is 1. The predicted octanol–water partition coefficient (Wildman–Crippen LogP) is -0.941. The molecular weight excluding hydrogens is 335 g/mol. The van der Waals surface area contributed by atoms with Crippen LogP contribution >= 0.6 is 22.9 Å². The minimum absolute atomic E-state index is 0. The molecule has 0 unspecified atom stereocenters. The van der Waals surface area contributed by atoms with E-state index in [9.17, 15) is 14.7 Å². The van der Waals surface area contributed by atoms with Crippen molar-refractivity contribution in [2.24, 2.45) is 5.73 Å². The average molecular weight is 343 g/mol. The second-order valence-corrected chi connectivity index (χ2v) is 5.71. The minimum Gasteiger partial charge on any atom is -0.871 e. The third kappa shape index (κ3) is 2.68.